The lowest BCUT2D eigenvalue weighted by Gasteiger charge is -2.06. The number of ether oxygens (including phenoxy) is 1. The SMILES string of the molecule is CCc1nsc(SCc2ccc(OC)c(C(=O)O)c2)n1. The second-order valence-corrected chi connectivity index (χ2v) is 5.93. The molecule has 1 aromatic carbocycles. The summed E-state index contributed by atoms with van der Waals surface area (Å²) in [5.74, 6) is 0.884. The molecule has 2 rings (SSSR count). The van der Waals surface area contributed by atoms with Gasteiger partial charge >= 0.3 is 5.97 Å². The van der Waals surface area contributed by atoms with Crippen molar-refractivity contribution in [1.29, 1.82) is 0 Å². The third-order valence-corrected chi connectivity index (χ3v) is 4.56. The largest absolute Gasteiger partial charge is 0.496 e. The molecule has 1 aromatic heterocycles. The van der Waals surface area contributed by atoms with Crippen molar-refractivity contribution < 1.29 is 14.6 Å². The van der Waals surface area contributed by atoms with Crippen molar-refractivity contribution in [3.63, 3.8) is 0 Å². The Labute approximate surface area is 125 Å². The van der Waals surface area contributed by atoms with Gasteiger partial charge in [-0.05, 0) is 29.2 Å². The van der Waals surface area contributed by atoms with E-state index in [1.54, 1.807) is 23.9 Å². The highest BCUT2D eigenvalue weighted by molar-refractivity contribution is 8.00. The number of aryl methyl sites for hydroxylation is 1. The van der Waals surface area contributed by atoms with Gasteiger partial charge in [0.1, 0.15) is 17.1 Å². The predicted molar refractivity (Wildman–Crippen MR) is 78.8 cm³/mol. The Morgan fingerprint density at radius 1 is 1.50 bits per heavy atom. The molecule has 20 heavy (non-hydrogen) atoms. The number of hydrogen-bond donors (Lipinski definition) is 1. The molecule has 0 spiro atoms. The summed E-state index contributed by atoms with van der Waals surface area (Å²) in [7, 11) is 1.46. The van der Waals surface area contributed by atoms with Crippen LogP contribution in [0.5, 0.6) is 5.75 Å². The Bertz CT molecular complexity index is 613. The van der Waals surface area contributed by atoms with Crippen molar-refractivity contribution in [2.75, 3.05) is 7.11 Å². The van der Waals surface area contributed by atoms with Crippen LogP contribution in [0.15, 0.2) is 22.5 Å². The van der Waals surface area contributed by atoms with Crippen LogP contribution in [-0.4, -0.2) is 27.5 Å². The second kappa shape index (κ2) is 6.71. The van der Waals surface area contributed by atoms with E-state index >= 15 is 0 Å². The molecular weight excluding hydrogens is 296 g/mol. The Balaban J connectivity index is 2.09. The van der Waals surface area contributed by atoms with Crippen LogP contribution in [0.1, 0.15) is 28.7 Å². The van der Waals surface area contributed by atoms with Crippen molar-refractivity contribution in [2.24, 2.45) is 0 Å². The van der Waals surface area contributed by atoms with Crippen molar-refractivity contribution >= 4 is 29.3 Å². The topological polar surface area (TPSA) is 72.3 Å². The monoisotopic (exact) mass is 310 g/mol. The number of carboxylic acids is 1. The van der Waals surface area contributed by atoms with E-state index in [9.17, 15) is 4.79 Å². The lowest BCUT2D eigenvalue weighted by molar-refractivity contribution is 0.0693. The quantitative estimate of drug-likeness (QED) is 0.827. The van der Waals surface area contributed by atoms with Gasteiger partial charge in [-0.1, -0.05) is 24.8 Å². The van der Waals surface area contributed by atoms with Gasteiger partial charge in [-0.25, -0.2) is 9.78 Å². The molecule has 2 aromatic rings. The Kier molecular flexibility index (Phi) is 4.97. The number of rotatable bonds is 6. The van der Waals surface area contributed by atoms with Crippen LogP contribution in [0.25, 0.3) is 0 Å². The molecule has 5 nitrogen and oxygen atoms in total. The Morgan fingerprint density at radius 3 is 2.90 bits per heavy atom. The third kappa shape index (κ3) is 3.49. The normalized spacial score (nSPS) is 10.5. The molecule has 1 heterocycles. The summed E-state index contributed by atoms with van der Waals surface area (Å²) in [6.07, 6.45) is 0.822. The van der Waals surface area contributed by atoms with Gasteiger partial charge in [0.15, 0.2) is 4.34 Å². The van der Waals surface area contributed by atoms with E-state index in [1.165, 1.54) is 18.6 Å². The molecule has 1 N–H and O–H groups in total. The van der Waals surface area contributed by atoms with E-state index < -0.39 is 5.97 Å². The molecule has 0 saturated heterocycles. The van der Waals surface area contributed by atoms with Crippen molar-refractivity contribution in [2.45, 2.75) is 23.4 Å². The fraction of sp³-hybridized carbons (Fsp3) is 0.308. The zero-order valence-corrected chi connectivity index (χ0v) is 12.8. The number of carbonyl (C=O) groups is 1. The van der Waals surface area contributed by atoms with E-state index in [0.717, 1.165) is 22.1 Å². The molecule has 0 aliphatic carbocycles. The van der Waals surface area contributed by atoms with Crippen LogP contribution in [0.4, 0.5) is 0 Å². The summed E-state index contributed by atoms with van der Waals surface area (Å²) in [6.45, 7) is 2.01. The Morgan fingerprint density at radius 2 is 2.30 bits per heavy atom. The van der Waals surface area contributed by atoms with Gasteiger partial charge < -0.3 is 9.84 Å². The molecule has 0 bridgehead atoms. The van der Waals surface area contributed by atoms with Gasteiger partial charge in [0.2, 0.25) is 0 Å². The van der Waals surface area contributed by atoms with Crippen LogP contribution in [0.3, 0.4) is 0 Å². The lowest BCUT2D eigenvalue weighted by Crippen LogP contribution is -2.01. The van der Waals surface area contributed by atoms with Crippen LogP contribution in [0.2, 0.25) is 0 Å². The first-order chi connectivity index (χ1) is 9.63. The minimum Gasteiger partial charge on any atom is -0.496 e. The molecular formula is C13H14N2O3S2. The molecule has 0 amide bonds. The first-order valence-corrected chi connectivity index (χ1v) is 7.75. The molecule has 0 aliphatic rings. The number of benzene rings is 1. The zero-order chi connectivity index (χ0) is 14.5. The predicted octanol–water partition coefficient (Wildman–Crippen LogP) is 3.10. The summed E-state index contributed by atoms with van der Waals surface area (Å²) < 4.78 is 10.1. The summed E-state index contributed by atoms with van der Waals surface area (Å²) >= 11 is 2.93. The number of hydrogen-bond acceptors (Lipinski definition) is 6. The van der Waals surface area contributed by atoms with Gasteiger partial charge in [-0.2, -0.15) is 4.37 Å². The fourth-order valence-electron chi connectivity index (χ4n) is 1.60. The summed E-state index contributed by atoms with van der Waals surface area (Å²) in [4.78, 5) is 15.5. The van der Waals surface area contributed by atoms with Gasteiger partial charge in [0, 0.05) is 12.2 Å². The van der Waals surface area contributed by atoms with Crippen LogP contribution in [-0.2, 0) is 12.2 Å². The first-order valence-electron chi connectivity index (χ1n) is 5.99. The minimum absolute atomic E-state index is 0.178. The summed E-state index contributed by atoms with van der Waals surface area (Å²) in [5.41, 5.74) is 1.10. The van der Waals surface area contributed by atoms with E-state index in [0.29, 0.717) is 11.5 Å². The zero-order valence-electron chi connectivity index (χ0n) is 11.1. The number of thioether (sulfide) groups is 1. The molecule has 0 atom stereocenters. The minimum atomic E-state index is -0.988. The number of aromatic carboxylic acids is 1. The lowest BCUT2D eigenvalue weighted by atomic mass is 10.1. The average Bonchev–Trinajstić information content (AvgIpc) is 2.92. The van der Waals surface area contributed by atoms with Crippen molar-refractivity contribution in [1.82, 2.24) is 9.36 Å². The number of aromatic nitrogens is 2. The maximum absolute atomic E-state index is 11.1. The van der Waals surface area contributed by atoms with E-state index in [-0.39, 0.29) is 5.56 Å². The maximum Gasteiger partial charge on any atom is 0.339 e. The molecule has 0 unspecified atom stereocenters. The maximum atomic E-state index is 11.1. The van der Waals surface area contributed by atoms with Crippen molar-refractivity contribution in [3.8, 4) is 5.75 Å². The van der Waals surface area contributed by atoms with E-state index in [1.807, 2.05) is 13.0 Å². The van der Waals surface area contributed by atoms with Gasteiger partial charge in [-0.3, -0.25) is 0 Å². The molecule has 7 heteroatoms. The molecule has 0 fully saturated rings. The highest BCUT2D eigenvalue weighted by atomic mass is 32.2. The summed E-state index contributed by atoms with van der Waals surface area (Å²) in [6, 6.07) is 5.17. The third-order valence-electron chi connectivity index (χ3n) is 2.62. The average molecular weight is 310 g/mol. The molecule has 0 saturated carbocycles. The Hall–Kier alpha value is -1.60. The highest BCUT2D eigenvalue weighted by Gasteiger charge is 2.12. The summed E-state index contributed by atoms with van der Waals surface area (Å²) in [5, 5.41) is 9.13. The van der Waals surface area contributed by atoms with E-state index in [4.69, 9.17) is 9.84 Å². The smallest absolute Gasteiger partial charge is 0.339 e. The number of nitrogens with zero attached hydrogens (tertiary/aromatic N) is 2. The number of carboxylic acid groups (broad SMARTS) is 1. The van der Waals surface area contributed by atoms with Gasteiger partial charge in [0.05, 0.1) is 7.11 Å². The van der Waals surface area contributed by atoms with Crippen LogP contribution < -0.4 is 4.74 Å². The second-order valence-electron chi connectivity index (χ2n) is 3.96. The van der Waals surface area contributed by atoms with Crippen molar-refractivity contribution in [3.05, 3.63) is 35.2 Å². The van der Waals surface area contributed by atoms with Crippen LogP contribution in [0, 0.1) is 0 Å². The molecule has 0 radical (unpaired) electrons. The van der Waals surface area contributed by atoms with E-state index in [2.05, 4.69) is 9.36 Å². The molecule has 106 valence electrons. The first kappa shape index (κ1) is 14.8. The highest BCUT2D eigenvalue weighted by Crippen LogP contribution is 2.27. The van der Waals surface area contributed by atoms with Crippen LogP contribution >= 0.6 is 23.3 Å². The number of methoxy groups -OCH3 is 1. The standard InChI is InChI=1S/C13H14N2O3S2/c1-3-11-14-13(20-15-11)19-7-8-4-5-10(18-2)9(6-8)12(16)17/h4-6H,3,7H2,1-2H3,(H,16,17). The van der Waals surface area contributed by atoms with Gasteiger partial charge in [-0.15, -0.1) is 0 Å². The fourth-order valence-corrected chi connectivity index (χ4v) is 3.24. The van der Waals surface area contributed by atoms with Gasteiger partial charge in [0.25, 0.3) is 0 Å². The molecule has 0 aliphatic heterocycles.